The zero-order valence-corrected chi connectivity index (χ0v) is 12.1. The lowest BCUT2D eigenvalue weighted by Gasteiger charge is -2.12. The molecule has 1 rings (SSSR count). The molecule has 0 aliphatic carbocycles. The van der Waals surface area contributed by atoms with Crippen molar-refractivity contribution in [1.29, 1.82) is 0 Å². The van der Waals surface area contributed by atoms with Gasteiger partial charge < -0.3 is 16.8 Å². The van der Waals surface area contributed by atoms with Gasteiger partial charge in [0.05, 0.1) is 16.6 Å². The van der Waals surface area contributed by atoms with Gasteiger partial charge in [0.2, 0.25) is 11.8 Å². The monoisotopic (exact) mass is 301 g/mol. The number of nitrogens with two attached hydrogens (primary N) is 2. The van der Waals surface area contributed by atoms with Crippen LogP contribution in [0.4, 0.5) is 5.69 Å². The molecule has 19 heavy (non-hydrogen) atoms. The average Bonchev–Trinajstić information content (AvgIpc) is 2.37. The molecule has 5 nitrogen and oxygen atoms in total. The van der Waals surface area contributed by atoms with Crippen LogP contribution in [0, 0.1) is 0 Å². The van der Waals surface area contributed by atoms with E-state index in [4.69, 9.17) is 23.1 Å². The molecule has 0 bridgehead atoms. The summed E-state index contributed by atoms with van der Waals surface area (Å²) in [4.78, 5) is 22.9. The Morgan fingerprint density at radius 3 is 2.74 bits per heavy atom. The summed E-state index contributed by atoms with van der Waals surface area (Å²) in [6.45, 7) is 0. The minimum atomic E-state index is -0.646. The fourth-order valence-electron chi connectivity index (χ4n) is 1.40. The Balaban J connectivity index is 2.74. The van der Waals surface area contributed by atoms with Crippen LogP contribution in [-0.2, 0) is 4.79 Å². The van der Waals surface area contributed by atoms with E-state index in [-0.39, 0.29) is 16.5 Å². The zero-order chi connectivity index (χ0) is 14.4. The van der Waals surface area contributed by atoms with Crippen LogP contribution in [0.1, 0.15) is 16.8 Å². The second kappa shape index (κ2) is 7.37. The Bertz CT molecular complexity index is 482. The first-order chi connectivity index (χ1) is 8.95. The van der Waals surface area contributed by atoms with Crippen LogP contribution >= 0.6 is 23.4 Å². The third-order valence-corrected chi connectivity index (χ3v) is 3.44. The standard InChI is InChI=1S/C12H16ClN3O2S/c1-19-5-4-10(14)12(18)16-7-2-3-9(13)8(6-7)11(15)17/h2-3,6,10H,4-5,14H2,1H3,(H2,15,17)(H,16,18)/t10-/m1/s1. The number of rotatable bonds is 6. The molecule has 1 aromatic rings. The van der Waals surface area contributed by atoms with Gasteiger partial charge in [-0.2, -0.15) is 11.8 Å². The molecule has 0 aliphatic rings. The van der Waals surface area contributed by atoms with E-state index in [0.29, 0.717) is 12.1 Å². The predicted molar refractivity (Wildman–Crippen MR) is 79.6 cm³/mol. The van der Waals surface area contributed by atoms with Crippen LogP contribution in [0.3, 0.4) is 0 Å². The van der Waals surface area contributed by atoms with E-state index >= 15 is 0 Å². The molecule has 0 radical (unpaired) electrons. The van der Waals surface area contributed by atoms with Gasteiger partial charge in [0.15, 0.2) is 0 Å². The molecule has 0 saturated carbocycles. The lowest BCUT2D eigenvalue weighted by molar-refractivity contribution is -0.117. The summed E-state index contributed by atoms with van der Waals surface area (Å²) >= 11 is 7.44. The second-order valence-corrected chi connectivity index (χ2v) is 5.33. The van der Waals surface area contributed by atoms with Gasteiger partial charge in [-0.05, 0) is 36.6 Å². The molecular formula is C12H16ClN3O2S. The lowest BCUT2D eigenvalue weighted by Crippen LogP contribution is -2.36. The topological polar surface area (TPSA) is 98.2 Å². The molecule has 0 aliphatic heterocycles. The number of nitrogens with one attached hydrogen (secondary N) is 1. The number of anilines is 1. The second-order valence-electron chi connectivity index (χ2n) is 3.94. The maximum atomic E-state index is 11.8. The Hall–Kier alpha value is -1.24. The summed E-state index contributed by atoms with van der Waals surface area (Å²) in [6, 6.07) is 3.95. The van der Waals surface area contributed by atoms with E-state index in [0.717, 1.165) is 5.75 Å². The summed E-state index contributed by atoms with van der Waals surface area (Å²) in [5, 5.41) is 2.88. The molecule has 0 spiro atoms. The fraction of sp³-hybridized carbons (Fsp3) is 0.333. The van der Waals surface area contributed by atoms with Crippen molar-refractivity contribution in [1.82, 2.24) is 0 Å². The zero-order valence-electron chi connectivity index (χ0n) is 10.5. The van der Waals surface area contributed by atoms with E-state index < -0.39 is 11.9 Å². The lowest BCUT2D eigenvalue weighted by atomic mass is 10.1. The van der Waals surface area contributed by atoms with Gasteiger partial charge in [-0.1, -0.05) is 11.6 Å². The number of primary amides is 1. The number of hydrogen-bond donors (Lipinski definition) is 3. The summed E-state index contributed by atoms with van der Waals surface area (Å²) < 4.78 is 0. The Morgan fingerprint density at radius 1 is 1.47 bits per heavy atom. The van der Waals surface area contributed by atoms with Crippen molar-refractivity contribution in [2.45, 2.75) is 12.5 Å². The van der Waals surface area contributed by atoms with Crippen molar-refractivity contribution in [2.75, 3.05) is 17.3 Å². The van der Waals surface area contributed by atoms with Crippen molar-refractivity contribution >= 4 is 40.9 Å². The van der Waals surface area contributed by atoms with Crippen molar-refractivity contribution in [3.8, 4) is 0 Å². The first-order valence-corrected chi connectivity index (χ1v) is 7.37. The van der Waals surface area contributed by atoms with Gasteiger partial charge in [-0.25, -0.2) is 0 Å². The summed E-state index contributed by atoms with van der Waals surface area (Å²) in [7, 11) is 0. The van der Waals surface area contributed by atoms with Gasteiger partial charge in [-0.15, -0.1) is 0 Å². The van der Waals surface area contributed by atoms with Crippen molar-refractivity contribution < 1.29 is 9.59 Å². The van der Waals surface area contributed by atoms with Crippen LogP contribution < -0.4 is 16.8 Å². The molecule has 1 aromatic carbocycles. The van der Waals surface area contributed by atoms with Crippen LogP contribution in [0.15, 0.2) is 18.2 Å². The first-order valence-electron chi connectivity index (χ1n) is 5.60. The highest BCUT2D eigenvalue weighted by molar-refractivity contribution is 7.98. The SMILES string of the molecule is CSCC[C@@H](N)C(=O)Nc1ccc(Cl)c(C(N)=O)c1. The predicted octanol–water partition coefficient (Wildman–Crippen LogP) is 1.46. The van der Waals surface area contributed by atoms with Crippen molar-refractivity contribution in [2.24, 2.45) is 11.5 Å². The van der Waals surface area contributed by atoms with Gasteiger partial charge in [0.1, 0.15) is 0 Å². The third kappa shape index (κ3) is 4.74. The number of benzene rings is 1. The van der Waals surface area contributed by atoms with E-state index in [1.165, 1.54) is 12.1 Å². The molecule has 0 fully saturated rings. The smallest absolute Gasteiger partial charge is 0.250 e. The van der Waals surface area contributed by atoms with Gasteiger partial charge in [0.25, 0.3) is 0 Å². The average molecular weight is 302 g/mol. The summed E-state index contributed by atoms with van der Waals surface area (Å²) in [5.74, 6) is -0.138. The molecule has 104 valence electrons. The van der Waals surface area contributed by atoms with Crippen LogP contribution in [0.5, 0.6) is 0 Å². The normalized spacial score (nSPS) is 11.9. The Kier molecular flexibility index (Phi) is 6.14. The molecular weight excluding hydrogens is 286 g/mol. The van der Waals surface area contributed by atoms with Crippen LogP contribution in [0.25, 0.3) is 0 Å². The molecule has 5 N–H and O–H groups in total. The minimum Gasteiger partial charge on any atom is -0.366 e. The van der Waals surface area contributed by atoms with Crippen LogP contribution in [0.2, 0.25) is 5.02 Å². The first kappa shape index (κ1) is 15.8. The Morgan fingerprint density at radius 2 is 2.16 bits per heavy atom. The molecule has 0 unspecified atom stereocenters. The number of amides is 2. The largest absolute Gasteiger partial charge is 0.366 e. The third-order valence-electron chi connectivity index (χ3n) is 2.47. The van der Waals surface area contributed by atoms with E-state index in [2.05, 4.69) is 5.32 Å². The number of carbonyl (C=O) groups excluding carboxylic acids is 2. The van der Waals surface area contributed by atoms with Gasteiger partial charge in [0, 0.05) is 5.69 Å². The quantitative estimate of drug-likeness (QED) is 0.741. The molecule has 0 saturated heterocycles. The molecule has 2 amide bonds. The van der Waals surface area contributed by atoms with Gasteiger partial charge >= 0.3 is 0 Å². The number of carbonyl (C=O) groups is 2. The van der Waals surface area contributed by atoms with E-state index in [1.54, 1.807) is 17.8 Å². The highest BCUT2D eigenvalue weighted by atomic mass is 35.5. The maximum absolute atomic E-state index is 11.8. The van der Waals surface area contributed by atoms with E-state index in [1.807, 2.05) is 6.26 Å². The van der Waals surface area contributed by atoms with Crippen LogP contribution in [-0.4, -0.2) is 29.9 Å². The fourth-order valence-corrected chi connectivity index (χ4v) is 2.10. The van der Waals surface area contributed by atoms with E-state index in [9.17, 15) is 9.59 Å². The minimum absolute atomic E-state index is 0.164. The highest BCUT2D eigenvalue weighted by Gasteiger charge is 2.14. The van der Waals surface area contributed by atoms with Gasteiger partial charge in [-0.3, -0.25) is 9.59 Å². The van der Waals surface area contributed by atoms with Crippen molar-refractivity contribution in [3.63, 3.8) is 0 Å². The number of halogens is 1. The molecule has 0 heterocycles. The maximum Gasteiger partial charge on any atom is 0.250 e. The Labute approximate surface area is 121 Å². The summed E-state index contributed by atoms with van der Waals surface area (Å²) in [6.07, 6.45) is 2.53. The number of thioether (sulfide) groups is 1. The van der Waals surface area contributed by atoms with Crippen molar-refractivity contribution in [3.05, 3.63) is 28.8 Å². The molecule has 0 aromatic heterocycles. The highest BCUT2D eigenvalue weighted by Crippen LogP contribution is 2.20. The number of hydrogen-bond acceptors (Lipinski definition) is 4. The molecule has 1 atom stereocenters. The summed E-state index contributed by atoms with van der Waals surface area (Å²) in [5.41, 5.74) is 11.5. The molecule has 7 heteroatoms.